The molecule has 2 N–H and O–H groups in total. The van der Waals surface area contributed by atoms with Crippen LogP contribution in [0.25, 0.3) is 0 Å². The van der Waals surface area contributed by atoms with Gasteiger partial charge in [0, 0.05) is 36.3 Å². The summed E-state index contributed by atoms with van der Waals surface area (Å²) >= 11 is 0. The largest absolute Gasteiger partial charge is 0.496 e. The zero-order valence-corrected chi connectivity index (χ0v) is 14.9. The van der Waals surface area contributed by atoms with Crippen molar-refractivity contribution in [3.8, 4) is 11.5 Å². The highest BCUT2D eigenvalue weighted by Gasteiger charge is 2.29. The summed E-state index contributed by atoms with van der Waals surface area (Å²) < 4.78 is 37.8. The number of aromatic carboxylic acids is 1. The molecule has 3 rings (SSSR count). The van der Waals surface area contributed by atoms with Crippen LogP contribution in [-0.2, 0) is 6.54 Å². The molecule has 0 heterocycles. The maximum absolute atomic E-state index is 13.4. The first kappa shape index (κ1) is 19.1. The number of hydrogen-bond donors (Lipinski definition) is 2. The number of methoxy groups -OCH3 is 1. The minimum absolute atomic E-state index is 0.0141. The van der Waals surface area contributed by atoms with Gasteiger partial charge in [0.05, 0.1) is 12.7 Å². The van der Waals surface area contributed by atoms with Crippen molar-refractivity contribution in [2.75, 3.05) is 7.11 Å². The molecule has 0 radical (unpaired) electrons. The first-order valence-electron chi connectivity index (χ1n) is 8.72. The Morgan fingerprint density at radius 2 is 1.93 bits per heavy atom. The lowest BCUT2D eigenvalue weighted by Crippen LogP contribution is -2.38. The Morgan fingerprint density at radius 1 is 1.19 bits per heavy atom. The van der Waals surface area contributed by atoms with E-state index in [1.807, 2.05) is 0 Å². The zero-order chi connectivity index (χ0) is 19.4. The van der Waals surface area contributed by atoms with Crippen LogP contribution in [0.2, 0.25) is 0 Å². The molecule has 1 fully saturated rings. The van der Waals surface area contributed by atoms with Crippen molar-refractivity contribution >= 4 is 5.97 Å². The third-order valence-corrected chi connectivity index (χ3v) is 4.66. The highest BCUT2D eigenvalue weighted by Crippen LogP contribution is 2.27. The van der Waals surface area contributed by atoms with Crippen LogP contribution in [-0.4, -0.2) is 30.3 Å². The van der Waals surface area contributed by atoms with Crippen LogP contribution in [0.4, 0.5) is 8.78 Å². The molecule has 0 amide bonds. The topological polar surface area (TPSA) is 67.8 Å². The summed E-state index contributed by atoms with van der Waals surface area (Å²) in [5.41, 5.74) is 0.982. The summed E-state index contributed by atoms with van der Waals surface area (Å²) in [7, 11) is 1.49. The average molecular weight is 377 g/mol. The fourth-order valence-electron chi connectivity index (χ4n) is 3.34. The molecule has 0 bridgehead atoms. The molecule has 2 aromatic rings. The molecular weight excluding hydrogens is 356 g/mol. The van der Waals surface area contributed by atoms with E-state index in [4.69, 9.17) is 14.6 Å². The van der Waals surface area contributed by atoms with E-state index in [9.17, 15) is 13.6 Å². The highest BCUT2D eigenvalue weighted by molar-refractivity contribution is 5.88. The van der Waals surface area contributed by atoms with Gasteiger partial charge in [-0.1, -0.05) is 6.07 Å². The summed E-state index contributed by atoms with van der Waals surface area (Å²) in [6.07, 6.45) is 2.40. The second-order valence-electron chi connectivity index (χ2n) is 6.51. The van der Waals surface area contributed by atoms with Crippen molar-refractivity contribution in [2.45, 2.75) is 38.0 Å². The van der Waals surface area contributed by atoms with Crippen LogP contribution in [0.3, 0.4) is 0 Å². The normalized spacial score (nSPS) is 19.1. The number of hydrogen-bond acceptors (Lipinski definition) is 4. The molecule has 0 aliphatic heterocycles. The van der Waals surface area contributed by atoms with Gasteiger partial charge in [-0.25, -0.2) is 13.6 Å². The molecule has 1 aliphatic carbocycles. The fourth-order valence-corrected chi connectivity index (χ4v) is 3.34. The third kappa shape index (κ3) is 4.74. The number of ether oxygens (including phenoxy) is 2. The van der Waals surface area contributed by atoms with Crippen molar-refractivity contribution in [1.29, 1.82) is 0 Å². The van der Waals surface area contributed by atoms with Crippen molar-refractivity contribution in [3.63, 3.8) is 0 Å². The lowest BCUT2D eigenvalue weighted by Gasteiger charge is -2.23. The van der Waals surface area contributed by atoms with Gasteiger partial charge in [-0.05, 0) is 31.4 Å². The monoisotopic (exact) mass is 377 g/mol. The molecule has 0 spiro atoms. The summed E-state index contributed by atoms with van der Waals surface area (Å²) in [5.74, 6) is -1.69. The number of halogens is 2. The second-order valence-corrected chi connectivity index (χ2v) is 6.51. The Bertz CT molecular complexity index is 807. The molecule has 0 saturated heterocycles. The van der Waals surface area contributed by atoms with Crippen molar-refractivity contribution < 1.29 is 28.2 Å². The Balaban J connectivity index is 1.65. The molecule has 0 unspecified atom stereocenters. The van der Waals surface area contributed by atoms with Crippen LogP contribution in [0.1, 0.15) is 35.2 Å². The highest BCUT2D eigenvalue weighted by atomic mass is 19.1. The zero-order valence-electron chi connectivity index (χ0n) is 14.9. The van der Waals surface area contributed by atoms with Crippen LogP contribution in [0.15, 0.2) is 36.4 Å². The predicted octanol–water partition coefficient (Wildman–Crippen LogP) is 3.76. The molecule has 1 aliphatic rings. The predicted molar refractivity (Wildman–Crippen MR) is 95.2 cm³/mol. The van der Waals surface area contributed by atoms with Crippen molar-refractivity contribution in [2.24, 2.45) is 0 Å². The van der Waals surface area contributed by atoms with Gasteiger partial charge >= 0.3 is 5.97 Å². The fraction of sp³-hybridized carbons (Fsp3) is 0.350. The van der Waals surface area contributed by atoms with Crippen molar-refractivity contribution in [1.82, 2.24) is 5.32 Å². The molecule has 144 valence electrons. The molecular formula is C20H21F2NO4. The molecule has 1 saturated carbocycles. The Labute approximate surface area is 155 Å². The summed E-state index contributed by atoms with van der Waals surface area (Å²) in [6, 6.07) is 7.89. The van der Waals surface area contributed by atoms with Gasteiger partial charge in [0.25, 0.3) is 0 Å². The molecule has 2 atom stereocenters. The lowest BCUT2D eigenvalue weighted by molar-refractivity contribution is 0.0696. The smallest absolute Gasteiger partial charge is 0.335 e. The summed E-state index contributed by atoms with van der Waals surface area (Å²) in [5, 5.41) is 12.5. The number of carboxylic acids is 1. The second kappa shape index (κ2) is 8.35. The van der Waals surface area contributed by atoms with E-state index in [0.29, 0.717) is 12.3 Å². The Kier molecular flexibility index (Phi) is 5.91. The number of carbonyl (C=O) groups is 1. The van der Waals surface area contributed by atoms with E-state index in [1.165, 1.54) is 31.4 Å². The van der Waals surface area contributed by atoms with Crippen LogP contribution < -0.4 is 14.8 Å². The maximum atomic E-state index is 13.4. The van der Waals surface area contributed by atoms with Gasteiger partial charge in [-0.2, -0.15) is 0 Å². The minimum atomic E-state index is -1.01. The molecule has 5 nitrogen and oxygen atoms in total. The number of rotatable bonds is 7. The molecule has 27 heavy (non-hydrogen) atoms. The van der Waals surface area contributed by atoms with Crippen LogP contribution >= 0.6 is 0 Å². The minimum Gasteiger partial charge on any atom is -0.496 e. The Morgan fingerprint density at radius 3 is 2.59 bits per heavy atom. The van der Waals surface area contributed by atoms with Gasteiger partial charge in [0.1, 0.15) is 29.2 Å². The Hall–Kier alpha value is -2.67. The lowest BCUT2D eigenvalue weighted by atomic mass is 10.1. The third-order valence-electron chi connectivity index (χ3n) is 4.66. The van der Waals surface area contributed by atoms with Gasteiger partial charge in [0.15, 0.2) is 0 Å². The summed E-state index contributed by atoms with van der Waals surface area (Å²) in [6.45, 7) is 0.463. The van der Waals surface area contributed by atoms with Gasteiger partial charge in [0.2, 0.25) is 0 Å². The first-order valence-corrected chi connectivity index (χ1v) is 8.72. The number of nitrogens with one attached hydrogen (secondary N) is 1. The summed E-state index contributed by atoms with van der Waals surface area (Å²) in [4.78, 5) is 11.1. The number of carboxylic acid groups (broad SMARTS) is 1. The van der Waals surface area contributed by atoms with E-state index in [0.717, 1.165) is 30.9 Å². The molecule has 2 aromatic carbocycles. The van der Waals surface area contributed by atoms with Crippen molar-refractivity contribution in [3.05, 3.63) is 59.2 Å². The van der Waals surface area contributed by atoms with Gasteiger partial charge < -0.3 is 19.9 Å². The van der Waals surface area contributed by atoms with Crippen LogP contribution in [0.5, 0.6) is 11.5 Å². The number of benzene rings is 2. The standard InChI is InChI=1S/C20H21F2NO4/c1-26-19-7-12(20(24)25)5-6-13(19)11-23-17-3-2-4-18(17)27-16-9-14(21)8-15(22)10-16/h5-10,17-18,23H,2-4,11H2,1H3,(H,24,25)/t17-,18+/m1/s1. The van der Waals surface area contributed by atoms with E-state index in [-0.39, 0.29) is 23.5 Å². The van der Waals surface area contributed by atoms with Gasteiger partial charge in [-0.3, -0.25) is 0 Å². The van der Waals surface area contributed by atoms with E-state index >= 15 is 0 Å². The van der Waals surface area contributed by atoms with E-state index < -0.39 is 17.6 Å². The van der Waals surface area contributed by atoms with E-state index in [2.05, 4.69) is 5.32 Å². The quantitative estimate of drug-likeness (QED) is 0.769. The maximum Gasteiger partial charge on any atom is 0.335 e. The molecule has 7 heteroatoms. The first-order chi connectivity index (χ1) is 13.0. The average Bonchev–Trinajstić information content (AvgIpc) is 3.05. The van der Waals surface area contributed by atoms with E-state index in [1.54, 1.807) is 6.07 Å². The van der Waals surface area contributed by atoms with Gasteiger partial charge in [-0.15, -0.1) is 0 Å². The van der Waals surface area contributed by atoms with Crippen LogP contribution in [0, 0.1) is 11.6 Å². The molecule has 0 aromatic heterocycles. The SMILES string of the molecule is COc1cc(C(=O)O)ccc1CN[C@@H]1CCC[C@@H]1Oc1cc(F)cc(F)c1.